The van der Waals surface area contributed by atoms with E-state index < -0.39 is 0 Å². The van der Waals surface area contributed by atoms with Crippen molar-refractivity contribution in [2.75, 3.05) is 13.9 Å². The van der Waals surface area contributed by atoms with Gasteiger partial charge in [-0.05, 0) is 37.8 Å². The van der Waals surface area contributed by atoms with Crippen molar-refractivity contribution in [1.82, 2.24) is 0 Å². The summed E-state index contributed by atoms with van der Waals surface area (Å²) in [7, 11) is 1.63. The number of hydrogen-bond acceptors (Lipinski definition) is 2. The van der Waals surface area contributed by atoms with E-state index in [1.807, 2.05) is 6.92 Å². The lowest BCUT2D eigenvalue weighted by Gasteiger charge is -2.17. The predicted octanol–water partition coefficient (Wildman–Crippen LogP) is 2.44. The molecule has 0 fully saturated rings. The molecule has 0 aromatic heterocycles. The molecular weight excluding hydrogens is 152 g/mol. The second kappa shape index (κ2) is 4.31. The topological polar surface area (TPSA) is 18.5 Å². The maximum absolute atomic E-state index is 5.43. The van der Waals surface area contributed by atoms with Crippen molar-refractivity contribution in [1.29, 1.82) is 0 Å². The SMILES string of the molecule is COCOC1=C(C)C[CH]C=C1C. The average Bonchev–Trinajstić information content (AvgIpc) is 2.04. The lowest BCUT2D eigenvalue weighted by molar-refractivity contribution is 0.00708. The van der Waals surface area contributed by atoms with Crippen molar-refractivity contribution in [3.63, 3.8) is 0 Å². The van der Waals surface area contributed by atoms with Gasteiger partial charge in [0.15, 0.2) is 6.79 Å². The molecule has 1 radical (unpaired) electrons. The van der Waals surface area contributed by atoms with Crippen LogP contribution in [0.2, 0.25) is 0 Å². The molecule has 67 valence electrons. The molecule has 0 saturated carbocycles. The molecule has 0 aliphatic heterocycles. The minimum absolute atomic E-state index is 0.331. The monoisotopic (exact) mass is 167 g/mol. The highest BCUT2D eigenvalue weighted by atomic mass is 16.7. The van der Waals surface area contributed by atoms with Gasteiger partial charge in [-0.15, -0.1) is 0 Å². The third-order valence-corrected chi connectivity index (χ3v) is 1.86. The first-order valence-electron chi connectivity index (χ1n) is 4.07. The Bertz CT molecular complexity index is 214. The van der Waals surface area contributed by atoms with Crippen LogP contribution in [-0.2, 0) is 9.47 Å². The van der Waals surface area contributed by atoms with Crippen molar-refractivity contribution in [3.05, 3.63) is 29.4 Å². The van der Waals surface area contributed by atoms with Crippen LogP contribution in [-0.4, -0.2) is 13.9 Å². The quantitative estimate of drug-likeness (QED) is 0.601. The standard InChI is InChI=1S/C10H15O2/c1-8-5-4-6-9(2)10(8)12-7-11-3/h4-5H,6-7H2,1-3H3. The van der Waals surface area contributed by atoms with Crippen LogP contribution < -0.4 is 0 Å². The van der Waals surface area contributed by atoms with Gasteiger partial charge in [0.1, 0.15) is 5.76 Å². The molecule has 0 saturated heterocycles. The van der Waals surface area contributed by atoms with Crippen molar-refractivity contribution < 1.29 is 9.47 Å². The summed E-state index contributed by atoms with van der Waals surface area (Å²) in [6.07, 6.45) is 5.21. The Morgan fingerprint density at radius 1 is 1.42 bits per heavy atom. The molecule has 2 nitrogen and oxygen atoms in total. The largest absolute Gasteiger partial charge is 0.467 e. The van der Waals surface area contributed by atoms with E-state index in [4.69, 9.17) is 9.47 Å². The zero-order valence-corrected chi connectivity index (χ0v) is 7.89. The normalized spacial score (nSPS) is 17.8. The summed E-state index contributed by atoms with van der Waals surface area (Å²) in [6.45, 7) is 4.46. The van der Waals surface area contributed by atoms with Crippen molar-refractivity contribution in [2.45, 2.75) is 20.3 Å². The fourth-order valence-corrected chi connectivity index (χ4v) is 1.27. The van der Waals surface area contributed by atoms with Gasteiger partial charge < -0.3 is 9.47 Å². The number of ether oxygens (including phenoxy) is 2. The van der Waals surface area contributed by atoms with Gasteiger partial charge in [-0.3, -0.25) is 0 Å². The molecule has 0 heterocycles. The number of hydrogen-bond donors (Lipinski definition) is 0. The first kappa shape index (κ1) is 9.33. The summed E-state index contributed by atoms with van der Waals surface area (Å²) in [6, 6.07) is 0. The summed E-state index contributed by atoms with van der Waals surface area (Å²) >= 11 is 0. The van der Waals surface area contributed by atoms with E-state index in [1.54, 1.807) is 7.11 Å². The number of rotatable bonds is 3. The number of methoxy groups -OCH3 is 1. The Hall–Kier alpha value is -0.760. The van der Waals surface area contributed by atoms with E-state index in [1.165, 1.54) is 11.1 Å². The second-order valence-electron chi connectivity index (χ2n) is 2.95. The maximum Gasteiger partial charge on any atom is 0.188 e. The summed E-state index contributed by atoms with van der Waals surface area (Å²) in [5.74, 6) is 0.986. The third-order valence-electron chi connectivity index (χ3n) is 1.86. The van der Waals surface area contributed by atoms with Crippen LogP contribution in [0.5, 0.6) is 0 Å². The molecule has 1 aliphatic carbocycles. The molecule has 0 aromatic carbocycles. The summed E-state index contributed by atoms with van der Waals surface area (Å²) in [5.41, 5.74) is 2.45. The van der Waals surface area contributed by atoms with E-state index >= 15 is 0 Å². The van der Waals surface area contributed by atoms with E-state index in [-0.39, 0.29) is 0 Å². The molecule has 0 amide bonds. The molecule has 12 heavy (non-hydrogen) atoms. The van der Waals surface area contributed by atoms with Gasteiger partial charge in [-0.25, -0.2) is 0 Å². The average molecular weight is 167 g/mol. The van der Waals surface area contributed by atoms with Gasteiger partial charge in [0.2, 0.25) is 0 Å². The van der Waals surface area contributed by atoms with Gasteiger partial charge in [0.25, 0.3) is 0 Å². The zero-order valence-electron chi connectivity index (χ0n) is 7.89. The van der Waals surface area contributed by atoms with Crippen LogP contribution >= 0.6 is 0 Å². The van der Waals surface area contributed by atoms with Crippen molar-refractivity contribution in [2.24, 2.45) is 0 Å². The molecule has 0 N–H and O–H groups in total. The first-order chi connectivity index (χ1) is 5.75. The molecule has 0 bridgehead atoms. The van der Waals surface area contributed by atoms with Crippen LogP contribution in [0, 0.1) is 6.42 Å². The van der Waals surface area contributed by atoms with Crippen LogP contribution in [0.15, 0.2) is 23.0 Å². The van der Waals surface area contributed by atoms with E-state index in [0.29, 0.717) is 6.79 Å². The maximum atomic E-state index is 5.43. The predicted molar refractivity (Wildman–Crippen MR) is 48.3 cm³/mol. The molecule has 0 spiro atoms. The summed E-state index contributed by atoms with van der Waals surface area (Å²) in [4.78, 5) is 0. The Morgan fingerprint density at radius 2 is 2.17 bits per heavy atom. The first-order valence-corrected chi connectivity index (χ1v) is 4.07. The summed E-state index contributed by atoms with van der Waals surface area (Å²) < 4.78 is 10.3. The molecule has 1 rings (SSSR count). The Morgan fingerprint density at radius 3 is 2.75 bits per heavy atom. The fraction of sp³-hybridized carbons (Fsp3) is 0.500. The van der Waals surface area contributed by atoms with Gasteiger partial charge >= 0.3 is 0 Å². The molecule has 2 heteroatoms. The van der Waals surface area contributed by atoms with Crippen molar-refractivity contribution in [3.8, 4) is 0 Å². The minimum Gasteiger partial charge on any atom is -0.467 e. The zero-order chi connectivity index (χ0) is 8.97. The van der Waals surface area contributed by atoms with Gasteiger partial charge in [-0.1, -0.05) is 6.08 Å². The van der Waals surface area contributed by atoms with Crippen molar-refractivity contribution >= 4 is 0 Å². The molecule has 0 unspecified atom stereocenters. The Kier molecular flexibility index (Phi) is 3.35. The minimum atomic E-state index is 0.331. The molecule has 0 aromatic rings. The second-order valence-corrected chi connectivity index (χ2v) is 2.95. The van der Waals surface area contributed by atoms with E-state index in [9.17, 15) is 0 Å². The lowest BCUT2D eigenvalue weighted by atomic mass is 10.00. The van der Waals surface area contributed by atoms with Crippen LogP contribution in [0.25, 0.3) is 0 Å². The third kappa shape index (κ3) is 2.11. The van der Waals surface area contributed by atoms with Gasteiger partial charge in [0, 0.05) is 7.11 Å². The van der Waals surface area contributed by atoms with Crippen LogP contribution in [0.1, 0.15) is 20.3 Å². The molecule has 0 atom stereocenters. The summed E-state index contributed by atoms with van der Waals surface area (Å²) in [5, 5.41) is 0. The van der Waals surface area contributed by atoms with E-state index in [0.717, 1.165) is 12.2 Å². The highest BCUT2D eigenvalue weighted by Crippen LogP contribution is 2.24. The van der Waals surface area contributed by atoms with Gasteiger partial charge in [0.05, 0.1) is 0 Å². The van der Waals surface area contributed by atoms with Crippen LogP contribution in [0.3, 0.4) is 0 Å². The number of allylic oxidation sites excluding steroid dienone is 3. The fourth-order valence-electron chi connectivity index (χ4n) is 1.27. The molecular formula is C10H15O2. The Balaban J connectivity index is 2.63. The lowest BCUT2D eigenvalue weighted by Crippen LogP contribution is -2.04. The Labute approximate surface area is 73.9 Å². The van der Waals surface area contributed by atoms with Gasteiger partial charge in [-0.2, -0.15) is 0 Å². The molecule has 1 aliphatic rings. The highest BCUT2D eigenvalue weighted by molar-refractivity contribution is 5.35. The smallest absolute Gasteiger partial charge is 0.188 e. The van der Waals surface area contributed by atoms with Crippen LogP contribution in [0.4, 0.5) is 0 Å². The van der Waals surface area contributed by atoms with E-state index in [2.05, 4.69) is 19.4 Å². The highest BCUT2D eigenvalue weighted by Gasteiger charge is 2.10.